The number of hydrogen-bond donors (Lipinski definition) is 1. The highest BCUT2D eigenvalue weighted by Crippen LogP contribution is 2.34. The average molecular weight is 323 g/mol. The van der Waals surface area contributed by atoms with Gasteiger partial charge in [-0.05, 0) is 18.6 Å². The summed E-state index contributed by atoms with van der Waals surface area (Å²) in [6.07, 6.45) is 7.18. The molecule has 4 rings (SSSR count). The first-order chi connectivity index (χ1) is 11.8. The van der Waals surface area contributed by atoms with Crippen molar-refractivity contribution in [3.05, 3.63) is 36.9 Å². The van der Waals surface area contributed by atoms with Gasteiger partial charge in [0.2, 0.25) is 0 Å². The van der Waals surface area contributed by atoms with E-state index < -0.39 is 0 Å². The molecule has 3 aromatic heterocycles. The number of fused-ring (bicyclic) bond motifs is 1. The maximum Gasteiger partial charge on any atom is 0.162 e. The van der Waals surface area contributed by atoms with Gasteiger partial charge in [-0.1, -0.05) is 0 Å². The molecule has 7 nitrogen and oxygen atoms in total. The Morgan fingerprint density at radius 3 is 2.71 bits per heavy atom. The van der Waals surface area contributed by atoms with Crippen molar-refractivity contribution in [2.24, 2.45) is 0 Å². The molecule has 3 aromatic rings. The smallest absolute Gasteiger partial charge is 0.162 e. The van der Waals surface area contributed by atoms with E-state index in [9.17, 15) is 5.11 Å². The van der Waals surface area contributed by atoms with Crippen molar-refractivity contribution >= 4 is 16.7 Å². The molecule has 0 bridgehead atoms. The van der Waals surface area contributed by atoms with Gasteiger partial charge in [-0.15, -0.1) is 0 Å². The zero-order valence-electron chi connectivity index (χ0n) is 13.3. The Hall–Kier alpha value is -2.80. The first-order valence-electron chi connectivity index (χ1n) is 7.79. The van der Waals surface area contributed by atoms with E-state index in [1.807, 2.05) is 12.1 Å². The van der Waals surface area contributed by atoms with Crippen LogP contribution in [0.2, 0.25) is 0 Å². The summed E-state index contributed by atoms with van der Waals surface area (Å²) in [5, 5.41) is 10.7. The maximum absolute atomic E-state index is 9.91. The molecule has 1 saturated heterocycles. The van der Waals surface area contributed by atoms with Crippen LogP contribution in [-0.2, 0) is 0 Å². The molecule has 1 fully saturated rings. The Morgan fingerprint density at radius 2 is 2.00 bits per heavy atom. The second-order valence-electron chi connectivity index (χ2n) is 5.73. The number of hydrogen-bond acceptors (Lipinski definition) is 7. The molecule has 0 aromatic carbocycles. The number of β-amino-alcohol motifs (C(OH)–C–C–N with tert-alkyl or cyclic N) is 1. The Kier molecular flexibility index (Phi) is 3.70. The van der Waals surface area contributed by atoms with E-state index in [0.717, 1.165) is 29.7 Å². The molecule has 1 aliphatic rings. The van der Waals surface area contributed by atoms with Crippen LogP contribution in [0.4, 0.5) is 5.82 Å². The van der Waals surface area contributed by atoms with Crippen LogP contribution < -0.4 is 9.64 Å². The lowest BCUT2D eigenvalue weighted by molar-refractivity contribution is 0.198. The van der Waals surface area contributed by atoms with Gasteiger partial charge in [-0.25, -0.2) is 9.97 Å². The molecule has 1 aliphatic heterocycles. The Labute approximate surface area is 139 Å². The van der Waals surface area contributed by atoms with Crippen LogP contribution >= 0.6 is 0 Å². The molecule has 24 heavy (non-hydrogen) atoms. The third-order valence-corrected chi connectivity index (χ3v) is 4.17. The maximum atomic E-state index is 9.91. The highest BCUT2D eigenvalue weighted by Gasteiger charge is 2.25. The fourth-order valence-corrected chi connectivity index (χ4v) is 2.98. The summed E-state index contributed by atoms with van der Waals surface area (Å²) < 4.78 is 5.46. The van der Waals surface area contributed by atoms with Crippen molar-refractivity contribution < 1.29 is 9.84 Å². The normalized spacial score (nSPS) is 17.4. The van der Waals surface area contributed by atoms with Crippen LogP contribution in [0.5, 0.6) is 5.75 Å². The van der Waals surface area contributed by atoms with Gasteiger partial charge in [0.05, 0.1) is 36.5 Å². The molecule has 7 heteroatoms. The van der Waals surface area contributed by atoms with E-state index in [4.69, 9.17) is 9.72 Å². The Balaban J connectivity index is 1.95. The SMILES string of the molecule is COc1cncc2nc(-c3ccncc3)nc(N3CC[C@H](O)C3)c12. The van der Waals surface area contributed by atoms with Gasteiger partial charge in [0, 0.05) is 31.0 Å². The molecule has 0 amide bonds. The number of rotatable bonds is 3. The molecule has 0 radical (unpaired) electrons. The summed E-state index contributed by atoms with van der Waals surface area (Å²) >= 11 is 0. The van der Waals surface area contributed by atoms with Gasteiger partial charge < -0.3 is 14.7 Å². The van der Waals surface area contributed by atoms with Crippen LogP contribution in [0.1, 0.15) is 6.42 Å². The third kappa shape index (κ3) is 2.52. The summed E-state index contributed by atoms with van der Waals surface area (Å²) in [5.41, 5.74) is 1.60. The third-order valence-electron chi connectivity index (χ3n) is 4.17. The lowest BCUT2D eigenvalue weighted by Crippen LogP contribution is -2.23. The quantitative estimate of drug-likeness (QED) is 0.784. The van der Waals surface area contributed by atoms with Gasteiger partial charge in [0.15, 0.2) is 5.82 Å². The number of pyridine rings is 2. The van der Waals surface area contributed by atoms with Gasteiger partial charge >= 0.3 is 0 Å². The van der Waals surface area contributed by atoms with Crippen molar-refractivity contribution in [2.75, 3.05) is 25.1 Å². The monoisotopic (exact) mass is 323 g/mol. The van der Waals surface area contributed by atoms with E-state index in [0.29, 0.717) is 23.6 Å². The second kappa shape index (κ2) is 6.01. The van der Waals surface area contributed by atoms with Crippen molar-refractivity contribution in [1.29, 1.82) is 0 Å². The first kappa shape index (κ1) is 14.8. The van der Waals surface area contributed by atoms with E-state index in [2.05, 4.69) is 19.9 Å². The number of methoxy groups -OCH3 is 1. The largest absolute Gasteiger partial charge is 0.494 e. The molecule has 0 spiro atoms. The van der Waals surface area contributed by atoms with Crippen LogP contribution in [0.15, 0.2) is 36.9 Å². The van der Waals surface area contributed by atoms with E-state index in [1.165, 1.54) is 0 Å². The number of nitrogens with zero attached hydrogens (tertiary/aromatic N) is 5. The minimum absolute atomic E-state index is 0.341. The van der Waals surface area contributed by atoms with Crippen LogP contribution in [0, 0.1) is 0 Å². The summed E-state index contributed by atoms with van der Waals surface area (Å²) in [4.78, 5) is 19.7. The number of aliphatic hydroxyl groups excluding tert-OH is 1. The minimum Gasteiger partial charge on any atom is -0.494 e. The predicted molar refractivity (Wildman–Crippen MR) is 90.0 cm³/mol. The van der Waals surface area contributed by atoms with E-state index >= 15 is 0 Å². The van der Waals surface area contributed by atoms with Gasteiger partial charge in [0.25, 0.3) is 0 Å². The molecule has 1 N–H and O–H groups in total. The molecule has 122 valence electrons. The first-order valence-corrected chi connectivity index (χ1v) is 7.79. The second-order valence-corrected chi connectivity index (χ2v) is 5.73. The average Bonchev–Trinajstić information content (AvgIpc) is 3.07. The number of anilines is 1. The number of aliphatic hydroxyl groups is 1. The summed E-state index contributed by atoms with van der Waals surface area (Å²) in [7, 11) is 1.61. The zero-order chi connectivity index (χ0) is 16.5. The molecule has 0 aliphatic carbocycles. The highest BCUT2D eigenvalue weighted by molar-refractivity contribution is 5.95. The van der Waals surface area contributed by atoms with Gasteiger partial charge in [-0.2, -0.15) is 0 Å². The topological polar surface area (TPSA) is 84.3 Å². The van der Waals surface area contributed by atoms with Crippen LogP contribution in [0.3, 0.4) is 0 Å². The molecule has 0 unspecified atom stereocenters. The number of aromatic nitrogens is 4. The molecule has 4 heterocycles. The fraction of sp³-hybridized carbons (Fsp3) is 0.294. The lowest BCUT2D eigenvalue weighted by Gasteiger charge is -2.20. The van der Waals surface area contributed by atoms with Crippen molar-refractivity contribution in [3.63, 3.8) is 0 Å². The van der Waals surface area contributed by atoms with Crippen molar-refractivity contribution in [2.45, 2.75) is 12.5 Å². The summed E-state index contributed by atoms with van der Waals surface area (Å²) in [5.74, 6) is 2.00. The van der Waals surface area contributed by atoms with Crippen LogP contribution in [-0.4, -0.2) is 51.3 Å². The predicted octanol–water partition coefficient (Wildman–Crippen LogP) is 1.67. The minimum atomic E-state index is -0.341. The molecular weight excluding hydrogens is 306 g/mol. The number of ether oxygens (including phenoxy) is 1. The van der Waals surface area contributed by atoms with Crippen molar-refractivity contribution in [3.8, 4) is 17.1 Å². The van der Waals surface area contributed by atoms with Gasteiger partial charge in [0.1, 0.15) is 11.6 Å². The Bertz CT molecular complexity index is 871. The highest BCUT2D eigenvalue weighted by atomic mass is 16.5. The Morgan fingerprint density at radius 1 is 1.17 bits per heavy atom. The van der Waals surface area contributed by atoms with Crippen LogP contribution in [0.25, 0.3) is 22.3 Å². The summed E-state index contributed by atoms with van der Waals surface area (Å²) in [6, 6.07) is 3.74. The molecule has 0 saturated carbocycles. The summed E-state index contributed by atoms with van der Waals surface area (Å²) in [6.45, 7) is 1.29. The van der Waals surface area contributed by atoms with Crippen molar-refractivity contribution in [1.82, 2.24) is 19.9 Å². The van der Waals surface area contributed by atoms with Gasteiger partial charge in [-0.3, -0.25) is 9.97 Å². The standard InChI is InChI=1S/C17H17N5O2/c1-24-14-9-19-8-13-15(14)17(22-7-4-12(23)10-22)21-16(20-13)11-2-5-18-6-3-11/h2-3,5-6,8-9,12,23H,4,7,10H2,1H3/t12-/m0/s1. The van der Waals surface area contributed by atoms with E-state index in [1.54, 1.807) is 31.9 Å². The van der Waals surface area contributed by atoms with E-state index in [-0.39, 0.29) is 6.10 Å². The molecular formula is C17H17N5O2. The lowest BCUT2D eigenvalue weighted by atomic mass is 10.2. The fourth-order valence-electron chi connectivity index (χ4n) is 2.98. The zero-order valence-corrected chi connectivity index (χ0v) is 13.3. The molecule has 1 atom stereocenters.